The topological polar surface area (TPSA) is 65.0 Å². The second kappa shape index (κ2) is 4.71. The Labute approximate surface area is 113 Å². The van der Waals surface area contributed by atoms with Crippen LogP contribution in [-0.4, -0.2) is 31.4 Å². The molecule has 0 spiro atoms. The minimum atomic E-state index is -0.937. The smallest absolute Gasteiger partial charge is 0.346 e. The molecular formula is C13H12O5S. The van der Waals surface area contributed by atoms with Gasteiger partial charge in [-0.1, -0.05) is 0 Å². The van der Waals surface area contributed by atoms with Crippen molar-refractivity contribution in [2.75, 3.05) is 20.3 Å². The van der Waals surface area contributed by atoms with Crippen molar-refractivity contribution in [3.05, 3.63) is 22.6 Å². The summed E-state index contributed by atoms with van der Waals surface area (Å²) in [5.74, 6) is 0.389. The van der Waals surface area contributed by atoms with Crippen LogP contribution in [0.25, 0.3) is 10.1 Å². The number of rotatable bonds is 3. The maximum atomic E-state index is 11.3. The van der Waals surface area contributed by atoms with Crippen molar-refractivity contribution in [3.63, 3.8) is 0 Å². The fourth-order valence-corrected chi connectivity index (χ4v) is 3.20. The SMILES string of the molecule is COCc1c(C(=O)O)sc2cc3c(cc12)OCCO3. The molecule has 1 aromatic carbocycles. The Hall–Kier alpha value is -1.79. The molecular weight excluding hydrogens is 268 g/mol. The summed E-state index contributed by atoms with van der Waals surface area (Å²) in [6.45, 7) is 1.29. The molecule has 2 aromatic rings. The average Bonchev–Trinajstić information content (AvgIpc) is 2.75. The third-order valence-electron chi connectivity index (χ3n) is 2.94. The summed E-state index contributed by atoms with van der Waals surface area (Å²) < 4.78 is 17.0. The van der Waals surface area contributed by atoms with Gasteiger partial charge in [0.05, 0.1) is 6.61 Å². The second-order valence-corrected chi connectivity index (χ2v) is 5.19. The first-order valence-corrected chi connectivity index (χ1v) is 6.59. The zero-order chi connectivity index (χ0) is 13.4. The van der Waals surface area contributed by atoms with Crippen LogP contribution in [0.5, 0.6) is 11.5 Å². The average molecular weight is 280 g/mol. The highest BCUT2D eigenvalue weighted by atomic mass is 32.1. The zero-order valence-electron chi connectivity index (χ0n) is 10.3. The number of fused-ring (bicyclic) bond motifs is 2. The molecule has 0 fully saturated rings. The highest BCUT2D eigenvalue weighted by molar-refractivity contribution is 7.21. The van der Waals surface area contributed by atoms with Gasteiger partial charge in [-0.25, -0.2) is 4.79 Å². The standard InChI is InChI=1S/C13H12O5S/c1-16-6-8-7-4-9-10(18-3-2-17-9)5-11(7)19-12(8)13(14)15/h4-5H,2-3,6H2,1H3,(H,14,15). The fourth-order valence-electron chi connectivity index (χ4n) is 2.14. The minimum Gasteiger partial charge on any atom is -0.486 e. The zero-order valence-corrected chi connectivity index (χ0v) is 11.1. The van der Waals surface area contributed by atoms with Crippen LogP contribution in [-0.2, 0) is 11.3 Å². The van der Waals surface area contributed by atoms with Gasteiger partial charge in [-0.3, -0.25) is 0 Å². The number of carbonyl (C=O) groups is 1. The molecule has 0 bridgehead atoms. The second-order valence-electron chi connectivity index (χ2n) is 4.14. The molecule has 0 radical (unpaired) electrons. The largest absolute Gasteiger partial charge is 0.486 e. The van der Waals surface area contributed by atoms with E-state index in [0.29, 0.717) is 35.2 Å². The summed E-state index contributed by atoms with van der Waals surface area (Å²) in [6, 6.07) is 3.67. The lowest BCUT2D eigenvalue weighted by molar-refractivity contribution is 0.0698. The fraction of sp³-hybridized carbons (Fsp3) is 0.308. The van der Waals surface area contributed by atoms with Gasteiger partial charge in [0.25, 0.3) is 0 Å². The predicted molar refractivity (Wildman–Crippen MR) is 70.5 cm³/mol. The number of methoxy groups -OCH3 is 1. The molecule has 1 aliphatic heterocycles. The molecule has 2 heterocycles. The van der Waals surface area contributed by atoms with E-state index in [1.807, 2.05) is 12.1 Å². The molecule has 100 valence electrons. The quantitative estimate of drug-likeness (QED) is 0.935. The van der Waals surface area contributed by atoms with Crippen molar-refractivity contribution in [1.29, 1.82) is 0 Å². The molecule has 6 heteroatoms. The number of hydrogen-bond donors (Lipinski definition) is 1. The summed E-state index contributed by atoms with van der Waals surface area (Å²) in [4.78, 5) is 11.6. The highest BCUT2D eigenvalue weighted by Gasteiger charge is 2.21. The Balaban J connectivity index is 2.23. The van der Waals surface area contributed by atoms with E-state index in [0.717, 1.165) is 10.1 Å². The molecule has 0 amide bonds. The highest BCUT2D eigenvalue weighted by Crippen LogP contribution is 2.40. The van der Waals surface area contributed by atoms with E-state index in [1.54, 1.807) is 7.11 Å². The van der Waals surface area contributed by atoms with E-state index in [2.05, 4.69) is 0 Å². The number of carboxylic acid groups (broad SMARTS) is 1. The molecule has 0 atom stereocenters. The summed E-state index contributed by atoms with van der Waals surface area (Å²) in [7, 11) is 1.55. The van der Waals surface area contributed by atoms with E-state index in [4.69, 9.17) is 14.2 Å². The lowest BCUT2D eigenvalue weighted by Gasteiger charge is -2.18. The van der Waals surface area contributed by atoms with Gasteiger partial charge < -0.3 is 19.3 Å². The van der Waals surface area contributed by atoms with E-state index in [9.17, 15) is 9.90 Å². The Morgan fingerprint density at radius 3 is 2.68 bits per heavy atom. The number of benzene rings is 1. The maximum Gasteiger partial charge on any atom is 0.346 e. The third kappa shape index (κ3) is 2.02. The molecule has 5 nitrogen and oxygen atoms in total. The van der Waals surface area contributed by atoms with Crippen molar-refractivity contribution in [3.8, 4) is 11.5 Å². The van der Waals surface area contributed by atoms with Gasteiger partial charge in [-0.05, 0) is 6.07 Å². The van der Waals surface area contributed by atoms with Gasteiger partial charge in [-0.15, -0.1) is 11.3 Å². The summed E-state index contributed by atoms with van der Waals surface area (Å²) >= 11 is 1.23. The van der Waals surface area contributed by atoms with Gasteiger partial charge in [0.15, 0.2) is 11.5 Å². The first kappa shape index (κ1) is 12.3. The molecule has 0 saturated carbocycles. The number of ether oxygens (including phenoxy) is 3. The Morgan fingerprint density at radius 1 is 1.37 bits per heavy atom. The molecule has 0 saturated heterocycles. The molecule has 1 aliphatic rings. The summed E-state index contributed by atoms with van der Waals surface area (Å²) in [5, 5.41) is 10.1. The minimum absolute atomic E-state index is 0.265. The van der Waals surface area contributed by atoms with Crippen LogP contribution < -0.4 is 9.47 Å². The normalized spacial score (nSPS) is 13.7. The van der Waals surface area contributed by atoms with Gasteiger partial charge in [0.1, 0.15) is 18.1 Å². The predicted octanol–water partition coefficient (Wildman–Crippen LogP) is 2.52. The van der Waals surface area contributed by atoms with E-state index in [1.165, 1.54) is 11.3 Å². The van der Waals surface area contributed by atoms with Crippen molar-refractivity contribution in [2.45, 2.75) is 6.61 Å². The van der Waals surface area contributed by atoms with Crippen molar-refractivity contribution < 1.29 is 24.1 Å². The Morgan fingerprint density at radius 2 is 2.05 bits per heavy atom. The summed E-state index contributed by atoms with van der Waals surface area (Å²) in [6.07, 6.45) is 0. The van der Waals surface area contributed by atoms with Crippen LogP contribution in [0.2, 0.25) is 0 Å². The van der Waals surface area contributed by atoms with E-state index in [-0.39, 0.29) is 6.61 Å². The van der Waals surface area contributed by atoms with Gasteiger partial charge >= 0.3 is 5.97 Å². The van der Waals surface area contributed by atoms with Crippen LogP contribution in [0.3, 0.4) is 0 Å². The molecule has 0 aliphatic carbocycles. The van der Waals surface area contributed by atoms with Crippen LogP contribution >= 0.6 is 11.3 Å². The molecule has 1 aromatic heterocycles. The first-order valence-electron chi connectivity index (χ1n) is 5.78. The van der Waals surface area contributed by atoms with Crippen LogP contribution in [0, 0.1) is 0 Å². The summed E-state index contributed by atoms with van der Waals surface area (Å²) in [5.41, 5.74) is 0.687. The van der Waals surface area contributed by atoms with E-state index < -0.39 is 5.97 Å². The van der Waals surface area contributed by atoms with E-state index >= 15 is 0 Å². The molecule has 0 unspecified atom stereocenters. The Kier molecular flexibility index (Phi) is 3.04. The van der Waals surface area contributed by atoms with Gasteiger partial charge in [0.2, 0.25) is 0 Å². The van der Waals surface area contributed by atoms with Crippen molar-refractivity contribution in [1.82, 2.24) is 0 Å². The maximum absolute atomic E-state index is 11.3. The van der Waals surface area contributed by atoms with Crippen molar-refractivity contribution >= 4 is 27.4 Å². The molecule has 3 rings (SSSR count). The van der Waals surface area contributed by atoms with Crippen LogP contribution in [0.4, 0.5) is 0 Å². The number of carboxylic acids is 1. The number of thiophene rings is 1. The van der Waals surface area contributed by atoms with Crippen molar-refractivity contribution in [2.24, 2.45) is 0 Å². The first-order chi connectivity index (χ1) is 9.20. The van der Waals surface area contributed by atoms with Crippen LogP contribution in [0.1, 0.15) is 15.2 Å². The molecule has 1 N–H and O–H groups in total. The molecule has 19 heavy (non-hydrogen) atoms. The number of hydrogen-bond acceptors (Lipinski definition) is 5. The third-order valence-corrected chi connectivity index (χ3v) is 4.12. The lowest BCUT2D eigenvalue weighted by atomic mass is 10.1. The lowest BCUT2D eigenvalue weighted by Crippen LogP contribution is -2.15. The monoisotopic (exact) mass is 280 g/mol. The number of aromatic carboxylic acids is 1. The Bertz CT molecular complexity index is 646. The van der Waals surface area contributed by atoms with Gasteiger partial charge in [-0.2, -0.15) is 0 Å². The van der Waals surface area contributed by atoms with Gasteiger partial charge in [0, 0.05) is 28.8 Å². The van der Waals surface area contributed by atoms with Crippen LogP contribution in [0.15, 0.2) is 12.1 Å².